The van der Waals surface area contributed by atoms with Crippen molar-refractivity contribution in [2.45, 2.75) is 32.2 Å². The fraction of sp³-hybridized carbons (Fsp3) is 0.320. The van der Waals surface area contributed by atoms with E-state index in [0.29, 0.717) is 17.1 Å². The Morgan fingerprint density at radius 1 is 1.12 bits per heavy atom. The first kappa shape index (κ1) is 23.1. The molecule has 0 aliphatic carbocycles. The van der Waals surface area contributed by atoms with Gasteiger partial charge in [0.05, 0.1) is 13.7 Å². The predicted octanol–water partition coefficient (Wildman–Crippen LogP) is 3.36. The highest BCUT2D eigenvalue weighted by atomic mass is 16.5. The maximum Gasteiger partial charge on any atom is 0.251 e. The molecule has 2 aromatic carbocycles. The number of rotatable bonds is 7. The van der Waals surface area contributed by atoms with Crippen molar-refractivity contribution in [1.82, 2.24) is 20.2 Å². The average Bonchev–Trinajstić information content (AvgIpc) is 3.20. The van der Waals surface area contributed by atoms with Crippen molar-refractivity contribution in [2.75, 3.05) is 13.7 Å². The van der Waals surface area contributed by atoms with E-state index < -0.39 is 6.04 Å². The first-order valence-corrected chi connectivity index (χ1v) is 10.5. The van der Waals surface area contributed by atoms with Crippen LogP contribution in [0.15, 0.2) is 60.9 Å². The molecule has 0 saturated carbocycles. The number of aryl methyl sites for hydroxylation is 1. The summed E-state index contributed by atoms with van der Waals surface area (Å²) >= 11 is 0. The fourth-order valence-electron chi connectivity index (χ4n) is 3.37. The predicted molar refractivity (Wildman–Crippen MR) is 124 cm³/mol. The number of nitrogens with one attached hydrogen (secondary N) is 2. The van der Waals surface area contributed by atoms with Gasteiger partial charge in [0.2, 0.25) is 5.91 Å². The molecule has 0 radical (unpaired) electrons. The monoisotopic (exact) mass is 434 g/mol. The van der Waals surface area contributed by atoms with Crippen LogP contribution in [0.25, 0.3) is 0 Å². The zero-order chi connectivity index (χ0) is 23.3. The third-order valence-corrected chi connectivity index (χ3v) is 5.27. The number of aromatic nitrogens is 2. The number of amides is 2. The molecule has 3 aromatic rings. The van der Waals surface area contributed by atoms with E-state index >= 15 is 0 Å². The normalized spacial score (nSPS) is 12.2. The minimum atomic E-state index is -0.486. The van der Waals surface area contributed by atoms with Gasteiger partial charge in [-0.15, -0.1) is 0 Å². The van der Waals surface area contributed by atoms with Crippen molar-refractivity contribution in [3.05, 3.63) is 83.4 Å². The van der Waals surface area contributed by atoms with Gasteiger partial charge in [-0.25, -0.2) is 4.98 Å². The zero-order valence-electron chi connectivity index (χ0n) is 19.2. The Morgan fingerprint density at radius 2 is 1.84 bits per heavy atom. The summed E-state index contributed by atoms with van der Waals surface area (Å²) in [6, 6.07) is 14.4. The summed E-state index contributed by atoms with van der Waals surface area (Å²) in [4.78, 5) is 29.6. The third kappa shape index (κ3) is 5.55. The highest BCUT2D eigenvalue weighted by Crippen LogP contribution is 2.24. The minimum absolute atomic E-state index is 0.00893. The standard InChI is InChI=1S/C25H30N4O3/c1-25(2,3)19-11-9-17(10-12-19)24(31)27-16-21(30)28-22(23-26-13-14-29(23)4)18-7-6-8-20(15-18)32-5/h6-15,22H,16H2,1-5H3,(H,27,31)(H,28,30). The van der Waals surface area contributed by atoms with Gasteiger partial charge in [0.25, 0.3) is 5.91 Å². The Bertz CT molecular complexity index is 1080. The van der Waals surface area contributed by atoms with Crippen LogP contribution in [-0.2, 0) is 17.3 Å². The maximum absolute atomic E-state index is 12.7. The molecule has 0 saturated heterocycles. The molecule has 168 valence electrons. The molecule has 1 atom stereocenters. The lowest BCUT2D eigenvalue weighted by Crippen LogP contribution is -2.39. The van der Waals surface area contributed by atoms with Gasteiger partial charge in [0, 0.05) is 25.0 Å². The molecule has 1 heterocycles. The molecule has 2 amide bonds. The van der Waals surface area contributed by atoms with Gasteiger partial charge in [-0.3, -0.25) is 9.59 Å². The number of hydrogen-bond acceptors (Lipinski definition) is 4. The first-order chi connectivity index (χ1) is 15.2. The smallest absolute Gasteiger partial charge is 0.251 e. The van der Waals surface area contributed by atoms with Crippen LogP contribution in [0.5, 0.6) is 5.75 Å². The van der Waals surface area contributed by atoms with E-state index in [1.807, 2.05) is 54.2 Å². The van der Waals surface area contributed by atoms with Gasteiger partial charge >= 0.3 is 0 Å². The van der Waals surface area contributed by atoms with E-state index in [4.69, 9.17) is 4.74 Å². The Balaban J connectivity index is 1.69. The number of methoxy groups -OCH3 is 1. The molecule has 0 bridgehead atoms. The highest BCUT2D eigenvalue weighted by Gasteiger charge is 2.22. The molecule has 7 nitrogen and oxygen atoms in total. The van der Waals surface area contributed by atoms with Crippen LogP contribution in [-0.4, -0.2) is 35.0 Å². The molecule has 32 heavy (non-hydrogen) atoms. The number of carbonyl (C=O) groups is 2. The summed E-state index contributed by atoms with van der Waals surface area (Å²) in [6.07, 6.45) is 3.50. The van der Waals surface area contributed by atoms with Crippen molar-refractivity contribution in [3.8, 4) is 5.75 Å². The molecule has 0 aliphatic heterocycles. The molecule has 7 heteroatoms. The van der Waals surface area contributed by atoms with Crippen molar-refractivity contribution >= 4 is 11.8 Å². The van der Waals surface area contributed by atoms with Crippen LogP contribution in [0.3, 0.4) is 0 Å². The van der Waals surface area contributed by atoms with Crippen LogP contribution in [0.4, 0.5) is 0 Å². The zero-order valence-corrected chi connectivity index (χ0v) is 19.2. The quantitative estimate of drug-likeness (QED) is 0.597. The molecule has 0 spiro atoms. The van der Waals surface area contributed by atoms with Gasteiger partial charge in [0.15, 0.2) is 0 Å². The summed E-state index contributed by atoms with van der Waals surface area (Å²) in [5.41, 5.74) is 2.49. The maximum atomic E-state index is 12.7. The fourth-order valence-corrected chi connectivity index (χ4v) is 3.37. The Kier molecular flexibility index (Phi) is 6.98. The summed E-state index contributed by atoms with van der Waals surface area (Å²) in [7, 11) is 3.46. The number of hydrogen-bond donors (Lipinski definition) is 2. The van der Waals surface area contributed by atoms with Gasteiger partial charge in [0.1, 0.15) is 17.6 Å². The SMILES string of the molecule is COc1cccc(C(NC(=O)CNC(=O)c2ccc(C(C)(C)C)cc2)c2nccn2C)c1. The van der Waals surface area contributed by atoms with E-state index in [2.05, 4.69) is 36.4 Å². The van der Waals surface area contributed by atoms with Crippen LogP contribution in [0.1, 0.15) is 54.1 Å². The number of ether oxygens (including phenoxy) is 1. The Labute approximate surface area is 188 Å². The van der Waals surface area contributed by atoms with Crippen LogP contribution in [0, 0.1) is 0 Å². The molecular weight excluding hydrogens is 404 g/mol. The molecular formula is C25H30N4O3. The summed E-state index contributed by atoms with van der Waals surface area (Å²) in [6.45, 7) is 6.21. The number of imidazole rings is 1. The van der Waals surface area contributed by atoms with Gasteiger partial charge in [-0.2, -0.15) is 0 Å². The molecule has 0 aliphatic rings. The highest BCUT2D eigenvalue weighted by molar-refractivity contribution is 5.96. The number of benzene rings is 2. The third-order valence-electron chi connectivity index (χ3n) is 5.27. The van der Waals surface area contributed by atoms with Crippen molar-refractivity contribution in [1.29, 1.82) is 0 Å². The minimum Gasteiger partial charge on any atom is -0.497 e. The molecule has 3 rings (SSSR count). The topological polar surface area (TPSA) is 85.2 Å². The van der Waals surface area contributed by atoms with Crippen molar-refractivity contribution in [3.63, 3.8) is 0 Å². The summed E-state index contributed by atoms with van der Waals surface area (Å²) in [5, 5.41) is 5.66. The Hall–Kier alpha value is -3.61. The van der Waals surface area contributed by atoms with E-state index in [0.717, 1.165) is 11.1 Å². The van der Waals surface area contributed by atoms with E-state index in [1.165, 1.54) is 0 Å². The lowest BCUT2D eigenvalue weighted by Gasteiger charge is -2.20. The lowest BCUT2D eigenvalue weighted by atomic mass is 9.87. The average molecular weight is 435 g/mol. The van der Waals surface area contributed by atoms with Crippen LogP contribution < -0.4 is 15.4 Å². The van der Waals surface area contributed by atoms with Crippen molar-refractivity contribution in [2.24, 2.45) is 7.05 Å². The van der Waals surface area contributed by atoms with Gasteiger partial charge < -0.3 is 19.9 Å². The first-order valence-electron chi connectivity index (χ1n) is 10.5. The molecule has 1 unspecified atom stereocenters. The second kappa shape index (κ2) is 9.68. The van der Waals surface area contributed by atoms with Gasteiger partial charge in [-0.05, 0) is 40.8 Å². The number of nitrogens with zero attached hydrogens (tertiary/aromatic N) is 2. The molecule has 2 N–H and O–H groups in total. The van der Waals surface area contributed by atoms with E-state index in [9.17, 15) is 9.59 Å². The van der Waals surface area contributed by atoms with Crippen molar-refractivity contribution < 1.29 is 14.3 Å². The Morgan fingerprint density at radius 3 is 2.44 bits per heavy atom. The number of carbonyl (C=O) groups excluding carboxylic acids is 2. The van der Waals surface area contributed by atoms with Gasteiger partial charge in [-0.1, -0.05) is 45.0 Å². The van der Waals surface area contributed by atoms with Crippen LogP contribution >= 0.6 is 0 Å². The summed E-state index contributed by atoms with van der Waals surface area (Å²) < 4.78 is 7.16. The molecule has 0 fully saturated rings. The second-order valence-electron chi connectivity index (χ2n) is 8.68. The lowest BCUT2D eigenvalue weighted by molar-refractivity contribution is -0.120. The van der Waals surface area contributed by atoms with E-state index in [1.54, 1.807) is 25.4 Å². The second-order valence-corrected chi connectivity index (χ2v) is 8.68. The molecule has 1 aromatic heterocycles. The largest absolute Gasteiger partial charge is 0.497 e. The summed E-state index contributed by atoms with van der Waals surface area (Å²) in [5.74, 6) is 0.745. The van der Waals surface area contributed by atoms with E-state index in [-0.39, 0.29) is 23.8 Å². The van der Waals surface area contributed by atoms with Crippen LogP contribution in [0.2, 0.25) is 0 Å².